The monoisotopic (exact) mass is 881 g/mol. The Kier molecular flexibility index (Phi) is 12.6. The van der Waals surface area contributed by atoms with E-state index in [-0.39, 0.29) is 47.3 Å². The molecule has 0 saturated heterocycles. The molecule has 2 aromatic heterocycles. The van der Waals surface area contributed by atoms with Crippen molar-refractivity contribution in [2.45, 2.75) is 158 Å². The van der Waals surface area contributed by atoms with Crippen LogP contribution in [-0.2, 0) is 0 Å². The van der Waals surface area contributed by atoms with Crippen molar-refractivity contribution in [2.75, 3.05) is 0 Å². The number of hydrogen-bond donors (Lipinski definition) is 0. The predicted molar refractivity (Wildman–Crippen MR) is 257 cm³/mol. The van der Waals surface area contributed by atoms with E-state index in [0.717, 1.165) is 0 Å². The van der Waals surface area contributed by atoms with E-state index >= 15 is 16.4 Å². The van der Waals surface area contributed by atoms with Crippen LogP contribution in [0.15, 0.2) is 97.6 Å². The van der Waals surface area contributed by atoms with Gasteiger partial charge < -0.3 is 0 Å². The molecule has 0 unspecified atom stereocenters. The quantitative estimate of drug-likeness (QED) is 0.0449. The summed E-state index contributed by atoms with van der Waals surface area (Å²) >= 11 is 0. The minimum atomic E-state index is -10.6. The Morgan fingerprint density at radius 2 is 0.556 bits per heavy atom. The zero-order valence-electron chi connectivity index (χ0n) is 40.7. The molecule has 0 atom stereocenters. The van der Waals surface area contributed by atoms with Gasteiger partial charge in [0.15, 0.2) is 0 Å². The number of aromatic nitrogens is 4. The van der Waals surface area contributed by atoms with E-state index in [1.165, 1.54) is 43.1 Å². The molecule has 0 fully saturated rings. The van der Waals surface area contributed by atoms with Crippen LogP contribution in [-0.4, -0.2) is 17.1 Å². The first-order valence-electron chi connectivity index (χ1n) is 23.3. The number of benzene rings is 4. The van der Waals surface area contributed by atoms with Crippen molar-refractivity contribution in [1.82, 2.24) is 9.13 Å². The Morgan fingerprint density at radius 3 is 0.762 bits per heavy atom. The topological polar surface area (TPSA) is 17.6 Å². The zero-order valence-corrected chi connectivity index (χ0v) is 41.7. The third-order valence-corrected chi connectivity index (χ3v) is 15.6. The van der Waals surface area contributed by atoms with Crippen molar-refractivity contribution in [1.29, 1.82) is 0 Å². The van der Waals surface area contributed by atoms with Crippen molar-refractivity contribution in [2.24, 2.45) is 0 Å². The van der Waals surface area contributed by atoms with E-state index < -0.39 is 18.9 Å². The van der Waals surface area contributed by atoms with E-state index in [2.05, 4.69) is 0 Å². The Balaban J connectivity index is 2.00. The Labute approximate surface area is 375 Å². The standard InChI is InChI=1S/C54H72F4N4Si/c1-33(2)41-21-17-22-42(34(3)4)49(41)59-29-30-60(50-43(35(5)6)23-18-24-44(50)36(7)8)53(59)63(55,56,57,58)54-61(51-45(37(9)10)25-19-26-46(51)38(11)12)31-32-62(54)52-47(39(13)14)27-20-28-48(52)40(15)16/h17-40H,1-16H3. The van der Waals surface area contributed by atoms with Crippen molar-refractivity contribution in [3.8, 4) is 22.7 Å². The van der Waals surface area contributed by atoms with Crippen LogP contribution < -0.4 is 20.0 Å². The van der Waals surface area contributed by atoms with Crippen LogP contribution in [0.3, 0.4) is 0 Å². The molecule has 0 spiro atoms. The summed E-state index contributed by atoms with van der Waals surface area (Å²) in [4.78, 5) is 0. The maximum atomic E-state index is 20.1. The molecule has 6 aromatic rings. The van der Waals surface area contributed by atoms with Crippen LogP contribution in [0.25, 0.3) is 22.7 Å². The number of nitrogens with zero attached hydrogens (tertiary/aromatic N) is 4. The molecule has 0 saturated carbocycles. The van der Waals surface area contributed by atoms with Gasteiger partial charge in [0.1, 0.15) is 0 Å². The van der Waals surface area contributed by atoms with Gasteiger partial charge in [-0.05, 0) is 0 Å². The Bertz CT molecular complexity index is 2190. The molecule has 4 aromatic carbocycles. The summed E-state index contributed by atoms with van der Waals surface area (Å²) in [7, 11) is -10.6. The van der Waals surface area contributed by atoms with Gasteiger partial charge >= 0.3 is 377 Å². The van der Waals surface area contributed by atoms with Crippen molar-refractivity contribution >= 4 is 18.9 Å². The maximum absolute atomic E-state index is 20.1. The Morgan fingerprint density at radius 1 is 0.349 bits per heavy atom. The molecule has 0 N–H and O–H groups in total. The first-order chi connectivity index (χ1) is 29.2. The summed E-state index contributed by atoms with van der Waals surface area (Å²) < 4.78 is 85.2. The van der Waals surface area contributed by atoms with E-state index in [4.69, 9.17) is 0 Å². The second kappa shape index (κ2) is 16.7. The van der Waals surface area contributed by atoms with E-state index in [9.17, 15) is 0 Å². The molecule has 4 nitrogen and oxygen atoms in total. The number of hydrogen-bond acceptors (Lipinski definition) is 0. The van der Waals surface area contributed by atoms with Crippen LogP contribution in [0.4, 0.5) is 16.4 Å². The number of imidazole rings is 2. The average molecular weight is 881 g/mol. The molecule has 0 bridgehead atoms. The molecule has 340 valence electrons. The van der Waals surface area contributed by atoms with Crippen LogP contribution in [0.5, 0.6) is 0 Å². The summed E-state index contributed by atoms with van der Waals surface area (Å²) in [6, 6.07) is 22.8. The van der Waals surface area contributed by atoms with Gasteiger partial charge in [0, 0.05) is 0 Å². The first-order valence-corrected chi connectivity index (χ1v) is 25.8. The van der Waals surface area contributed by atoms with Crippen LogP contribution in [0.2, 0.25) is 0 Å². The van der Waals surface area contributed by atoms with Crippen LogP contribution >= 0.6 is 0 Å². The van der Waals surface area contributed by atoms with Crippen LogP contribution in [0.1, 0.15) is 203 Å². The molecule has 0 aliphatic rings. The van der Waals surface area contributed by atoms with Gasteiger partial charge in [0.05, 0.1) is 0 Å². The molecular weight excluding hydrogens is 809 g/mol. The first kappa shape index (κ1) is 47.7. The van der Waals surface area contributed by atoms with Gasteiger partial charge in [-0.15, -0.1) is 0 Å². The second-order valence-electron chi connectivity index (χ2n) is 20.4. The number of rotatable bonds is 14. The normalized spacial score (nSPS) is 13.8. The fraction of sp³-hybridized carbons (Fsp3) is 0.444. The van der Waals surface area contributed by atoms with Crippen molar-refractivity contribution < 1.29 is 25.6 Å². The van der Waals surface area contributed by atoms with Crippen LogP contribution in [0, 0.1) is 0 Å². The summed E-state index contributed by atoms with van der Waals surface area (Å²) in [6.07, 6.45) is 5.88. The van der Waals surface area contributed by atoms with E-state index in [0.29, 0.717) is 67.3 Å². The molecule has 2 heterocycles. The SMILES string of the molecule is CC(C)c1cccc(C(C)C)c1-n1cc[n+](-c2c(C(C)C)cccc2C(C)C)c1[Si-2](F)(F)(F)(F)c1n(-c2c(C(C)C)cccc2C(C)C)cc[n+]1-c1c(C(C)C)cccc1C(C)C. The number of para-hydroxylation sites is 4. The van der Waals surface area contributed by atoms with Gasteiger partial charge in [0.25, 0.3) is 0 Å². The van der Waals surface area contributed by atoms with Gasteiger partial charge in [-0.1, -0.05) is 0 Å². The van der Waals surface area contributed by atoms with Gasteiger partial charge in [-0.3, -0.25) is 0 Å². The van der Waals surface area contributed by atoms with Crippen molar-refractivity contribution in [3.05, 3.63) is 142 Å². The molecule has 6 rings (SSSR count). The van der Waals surface area contributed by atoms with Gasteiger partial charge in [0.2, 0.25) is 0 Å². The fourth-order valence-corrected chi connectivity index (χ4v) is 12.6. The summed E-state index contributed by atoms with van der Waals surface area (Å²) in [6.45, 7) is 31.8. The molecule has 0 aliphatic heterocycles. The third kappa shape index (κ3) is 8.28. The molecule has 0 aliphatic carbocycles. The second-order valence-corrected chi connectivity index (χ2v) is 23.9. The van der Waals surface area contributed by atoms with E-state index in [1.54, 1.807) is 0 Å². The minimum absolute atomic E-state index is 0.160. The third-order valence-electron chi connectivity index (χ3n) is 12.9. The number of halogens is 4. The Hall–Kier alpha value is -4.76. The molecule has 0 amide bonds. The zero-order chi connectivity index (χ0) is 46.7. The predicted octanol–water partition coefficient (Wildman–Crippen LogP) is 14.1. The molecule has 63 heavy (non-hydrogen) atoms. The molecular formula is C54H72F4N4Si. The summed E-state index contributed by atoms with van der Waals surface area (Å²) in [5.41, 5.74) is 4.61. The molecule has 0 radical (unpaired) electrons. The summed E-state index contributed by atoms with van der Waals surface area (Å²) in [5.74, 6) is -1.28. The fourth-order valence-electron chi connectivity index (χ4n) is 9.73. The van der Waals surface area contributed by atoms with E-state index in [1.807, 2.05) is 184 Å². The molecule has 9 heteroatoms. The van der Waals surface area contributed by atoms with Crippen molar-refractivity contribution in [3.63, 3.8) is 0 Å². The average Bonchev–Trinajstić information content (AvgIpc) is 3.87. The van der Waals surface area contributed by atoms with Gasteiger partial charge in [-0.25, -0.2) is 0 Å². The summed E-state index contributed by atoms with van der Waals surface area (Å²) in [5, 5.41) is 0. The van der Waals surface area contributed by atoms with Gasteiger partial charge in [-0.2, -0.15) is 0 Å².